The second kappa shape index (κ2) is 8.07. The molecule has 0 aromatic heterocycles. The van der Waals surface area contributed by atoms with Crippen molar-refractivity contribution in [1.29, 1.82) is 0 Å². The van der Waals surface area contributed by atoms with E-state index in [9.17, 15) is 14.3 Å². The van der Waals surface area contributed by atoms with Gasteiger partial charge >= 0.3 is 0 Å². The summed E-state index contributed by atoms with van der Waals surface area (Å²) in [5.41, 5.74) is 2.89. The maximum absolute atomic E-state index is 14.2. The Kier molecular flexibility index (Phi) is 6.34. The number of halogens is 2. The summed E-state index contributed by atoms with van der Waals surface area (Å²) in [7, 11) is 2.03. The van der Waals surface area contributed by atoms with E-state index < -0.39 is 5.82 Å². The summed E-state index contributed by atoms with van der Waals surface area (Å²) in [5, 5.41) is 14.3. The van der Waals surface area contributed by atoms with E-state index in [0.29, 0.717) is 10.2 Å². The van der Waals surface area contributed by atoms with Gasteiger partial charge in [0.2, 0.25) is 5.91 Å². The Balaban J connectivity index is 2.21. The Bertz CT molecular complexity index is 641. The minimum Gasteiger partial charge on any atom is -0.506 e. The van der Waals surface area contributed by atoms with Crippen molar-refractivity contribution >= 4 is 27.5 Å². The third-order valence-corrected chi connectivity index (χ3v) is 4.90. The number of nitrogens with one attached hydrogen (secondary N) is 1. The van der Waals surface area contributed by atoms with E-state index in [1.807, 2.05) is 20.9 Å². The summed E-state index contributed by atoms with van der Waals surface area (Å²) in [6, 6.07) is 2.69. The first-order chi connectivity index (χ1) is 11.3. The third-order valence-electron chi connectivity index (χ3n) is 4.26. The highest BCUT2D eigenvalue weighted by molar-refractivity contribution is 9.10. The molecule has 0 aliphatic carbocycles. The highest BCUT2D eigenvalue weighted by Crippen LogP contribution is 2.31. The number of nitrogens with zero attached hydrogens (tertiary/aromatic N) is 2. The van der Waals surface area contributed by atoms with Crippen LogP contribution in [0.15, 0.2) is 21.7 Å². The van der Waals surface area contributed by atoms with Crippen molar-refractivity contribution in [2.75, 3.05) is 20.1 Å². The third kappa shape index (κ3) is 4.33. The largest absolute Gasteiger partial charge is 0.506 e. The lowest BCUT2D eigenvalue weighted by Gasteiger charge is -2.27. The molecule has 0 atom stereocenters. The van der Waals surface area contributed by atoms with Crippen LogP contribution in [0.2, 0.25) is 0 Å². The normalized spacial score (nSPS) is 17.3. The Morgan fingerprint density at radius 2 is 2.04 bits per heavy atom. The van der Waals surface area contributed by atoms with Crippen LogP contribution in [0.4, 0.5) is 4.39 Å². The first-order valence-electron chi connectivity index (χ1n) is 8.04. The van der Waals surface area contributed by atoms with Gasteiger partial charge in [0.15, 0.2) is 0 Å². The first-order valence-corrected chi connectivity index (χ1v) is 8.83. The fourth-order valence-corrected chi connectivity index (χ4v) is 3.07. The quantitative estimate of drug-likeness (QED) is 0.603. The maximum Gasteiger partial charge on any atom is 0.243 e. The number of phenolic OH excluding ortho intramolecular Hbond substituents is 1. The summed E-state index contributed by atoms with van der Waals surface area (Å²) >= 11 is 3.18. The van der Waals surface area contributed by atoms with Crippen LogP contribution in [0.3, 0.4) is 0 Å². The Hall–Kier alpha value is -1.47. The van der Waals surface area contributed by atoms with Gasteiger partial charge in [-0.25, -0.2) is 9.82 Å². The molecule has 1 amide bonds. The number of rotatable bonds is 4. The molecule has 1 aromatic rings. The molecule has 1 saturated heterocycles. The molecule has 1 aliphatic rings. The molecule has 1 heterocycles. The fourth-order valence-electron chi connectivity index (χ4n) is 2.74. The zero-order chi connectivity index (χ0) is 17.9. The van der Waals surface area contributed by atoms with E-state index >= 15 is 0 Å². The SMILES string of the molecule is CC(C)C(=NNC(=O)C1CCN(C)CC1)c1c(F)ccc(Br)c1O. The maximum atomic E-state index is 14.2. The molecule has 0 unspecified atom stereocenters. The Morgan fingerprint density at radius 3 is 2.62 bits per heavy atom. The van der Waals surface area contributed by atoms with E-state index in [1.54, 1.807) is 0 Å². The summed E-state index contributed by atoms with van der Waals surface area (Å²) in [5.74, 6) is -1.19. The van der Waals surface area contributed by atoms with Crippen molar-refractivity contribution in [3.63, 3.8) is 0 Å². The number of carbonyl (C=O) groups is 1. The van der Waals surface area contributed by atoms with Crippen LogP contribution in [-0.4, -0.2) is 41.8 Å². The summed E-state index contributed by atoms with van der Waals surface area (Å²) in [6.45, 7) is 5.42. The van der Waals surface area contributed by atoms with Gasteiger partial charge in [0.1, 0.15) is 11.6 Å². The highest BCUT2D eigenvalue weighted by atomic mass is 79.9. The second-order valence-electron chi connectivity index (χ2n) is 6.46. The van der Waals surface area contributed by atoms with E-state index in [0.717, 1.165) is 25.9 Å². The van der Waals surface area contributed by atoms with Crippen molar-refractivity contribution < 1.29 is 14.3 Å². The van der Waals surface area contributed by atoms with E-state index in [-0.39, 0.29) is 29.1 Å². The standard InChI is InChI=1S/C17H23BrFN3O2/c1-10(2)15(14-13(19)5-4-12(18)16(14)23)20-21-17(24)11-6-8-22(3)9-7-11/h4-5,10-11,23H,6-9H2,1-3H3,(H,21,24). The lowest BCUT2D eigenvalue weighted by atomic mass is 9.96. The van der Waals surface area contributed by atoms with Gasteiger partial charge in [-0.3, -0.25) is 4.79 Å². The van der Waals surface area contributed by atoms with Crippen LogP contribution in [0.5, 0.6) is 5.75 Å². The molecule has 0 spiro atoms. The van der Waals surface area contributed by atoms with Gasteiger partial charge in [-0.15, -0.1) is 0 Å². The number of hydrogen-bond acceptors (Lipinski definition) is 4. The average molecular weight is 400 g/mol. The molecule has 5 nitrogen and oxygen atoms in total. The van der Waals surface area contributed by atoms with E-state index in [2.05, 4.69) is 31.4 Å². The van der Waals surface area contributed by atoms with E-state index in [4.69, 9.17) is 0 Å². The number of hydrazone groups is 1. The minimum atomic E-state index is -0.573. The van der Waals surface area contributed by atoms with Crippen LogP contribution in [0.1, 0.15) is 32.3 Å². The van der Waals surface area contributed by atoms with Gasteiger partial charge in [0, 0.05) is 5.92 Å². The number of amides is 1. The molecular formula is C17H23BrFN3O2. The predicted octanol–water partition coefficient (Wildman–Crippen LogP) is 3.11. The molecule has 1 fully saturated rings. The Labute approximate surface area is 150 Å². The monoisotopic (exact) mass is 399 g/mol. The molecule has 132 valence electrons. The number of phenols is 1. The molecule has 0 saturated carbocycles. The van der Waals surface area contributed by atoms with Crippen LogP contribution in [-0.2, 0) is 4.79 Å². The predicted molar refractivity (Wildman–Crippen MR) is 95.5 cm³/mol. The number of carbonyl (C=O) groups excluding carboxylic acids is 1. The van der Waals surface area contributed by atoms with Gasteiger partial charge in [-0.1, -0.05) is 13.8 Å². The fraction of sp³-hybridized carbons (Fsp3) is 0.529. The second-order valence-corrected chi connectivity index (χ2v) is 7.31. The van der Waals surface area contributed by atoms with Crippen LogP contribution in [0.25, 0.3) is 0 Å². The molecule has 1 aliphatic heterocycles. The zero-order valence-electron chi connectivity index (χ0n) is 14.1. The van der Waals surface area contributed by atoms with Crippen molar-refractivity contribution in [1.82, 2.24) is 10.3 Å². The molecule has 2 rings (SSSR count). The van der Waals surface area contributed by atoms with Gasteiger partial charge in [-0.05, 0) is 67.0 Å². The van der Waals surface area contributed by atoms with Crippen molar-refractivity contribution in [3.8, 4) is 5.75 Å². The van der Waals surface area contributed by atoms with Crippen LogP contribution >= 0.6 is 15.9 Å². The van der Waals surface area contributed by atoms with Crippen LogP contribution in [0, 0.1) is 17.7 Å². The minimum absolute atomic E-state index is 0.0167. The number of piperidine rings is 1. The first kappa shape index (κ1) is 18.9. The molecule has 1 aromatic carbocycles. The summed E-state index contributed by atoms with van der Waals surface area (Å²) in [6.07, 6.45) is 1.57. The number of hydrogen-bond donors (Lipinski definition) is 2. The summed E-state index contributed by atoms with van der Waals surface area (Å²) < 4.78 is 14.6. The molecule has 24 heavy (non-hydrogen) atoms. The van der Waals surface area contributed by atoms with Gasteiger partial charge in [0.25, 0.3) is 0 Å². The lowest BCUT2D eigenvalue weighted by molar-refractivity contribution is -0.126. The zero-order valence-corrected chi connectivity index (χ0v) is 15.7. The Morgan fingerprint density at radius 1 is 1.42 bits per heavy atom. The van der Waals surface area contributed by atoms with Crippen LogP contribution < -0.4 is 5.43 Å². The number of likely N-dealkylation sites (tertiary alicyclic amines) is 1. The molecule has 7 heteroatoms. The average Bonchev–Trinajstić information content (AvgIpc) is 2.54. The molecule has 2 N–H and O–H groups in total. The highest BCUT2D eigenvalue weighted by Gasteiger charge is 2.24. The molecule has 0 radical (unpaired) electrons. The molecule has 0 bridgehead atoms. The smallest absolute Gasteiger partial charge is 0.243 e. The van der Waals surface area contributed by atoms with Gasteiger partial charge in [0.05, 0.1) is 15.7 Å². The van der Waals surface area contributed by atoms with Gasteiger partial charge < -0.3 is 10.0 Å². The number of aromatic hydroxyl groups is 1. The number of benzene rings is 1. The molecular weight excluding hydrogens is 377 g/mol. The van der Waals surface area contributed by atoms with Crippen molar-refractivity contribution in [3.05, 3.63) is 28.0 Å². The summed E-state index contributed by atoms with van der Waals surface area (Å²) in [4.78, 5) is 14.5. The van der Waals surface area contributed by atoms with Crippen molar-refractivity contribution in [2.24, 2.45) is 16.9 Å². The van der Waals surface area contributed by atoms with Crippen molar-refractivity contribution in [2.45, 2.75) is 26.7 Å². The van der Waals surface area contributed by atoms with E-state index in [1.165, 1.54) is 12.1 Å². The topological polar surface area (TPSA) is 64.9 Å². The van der Waals surface area contributed by atoms with Gasteiger partial charge in [-0.2, -0.15) is 5.10 Å². The lowest BCUT2D eigenvalue weighted by Crippen LogP contribution is -2.38.